The second-order valence-electron chi connectivity index (χ2n) is 4.98. The molecule has 0 aliphatic carbocycles. The van der Waals surface area contributed by atoms with Gasteiger partial charge in [0.25, 0.3) is 0 Å². The molecule has 0 saturated carbocycles. The second-order valence-corrected chi connectivity index (χ2v) is 4.98. The van der Waals surface area contributed by atoms with Crippen molar-refractivity contribution in [3.8, 4) is 0 Å². The van der Waals surface area contributed by atoms with Crippen LogP contribution in [0.4, 0.5) is 5.69 Å². The minimum absolute atomic E-state index is 0.272. The summed E-state index contributed by atoms with van der Waals surface area (Å²) in [6.07, 6.45) is 4.77. The van der Waals surface area contributed by atoms with E-state index in [2.05, 4.69) is 11.8 Å². The van der Waals surface area contributed by atoms with E-state index in [1.807, 2.05) is 24.3 Å². The van der Waals surface area contributed by atoms with Gasteiger partial charge in [-0.1, -0.05) is 38.3 Å². The summed E-state index contributed by atoms with van der Waals surface area (Å²) in [5, 5.41) is 0. The Morgan fingerprint density at radius 3 is 2.42 bits per heavy atom. The maximum Gasteiger partial charge on any atom is 0.231 e. The molecule has 1 rings (SSSR count). The Bertz CT molecular complexity index is 375. The Kier molecular flexibility index (Phi) is 6.97. The van der Waals surface area contributed by atoms with E-state index < -0.39 is 0 Å². The van der Waals surface area contributed by atoms with Crippen LogP contribution in [-0.4, -0.2) is 23.9 Å². The third kappa shape index (κ3) is 6.82. The zero-order chi connectivity index (χ0) is 14.1. The highest BCUT2D eigenvalue weighted by atomic mass is 16.1. The number of carbonyl (C=O) groups excluding carboxylic acids is 1. The van der Waals surface area contributed by atoms with Crippen molar-refractivity contribution in [2.45, 2.75) is 39.2 Å². The number of unbranched alkanes of at least 4 members (excludes halogenated alkanes) is 3. The average Bonchev–Trinajstić information content (AvgIpc) is 2.36. The minimum atomic E-state index is -0.272. The van der Waals surface area contributed by atoms with E-state index in [0.717, 1.165) is 30.8 Å². The van der Waals surface area contributed by atoms with E-state index in [4.69, 9.17) is 11.5 Å². The Labute approximate surface area is 115 Å². The molecule has 0 radical (unpaired) electrons. The van der Waals surface area contributed by atoms with Gasteiger partial charge in [-0.05, 0) is 30.7 Å². The number of anilines is 1. The summed E-state index contributed by atoms with van der Waals surface area (Å²) in [7, 11) is 0. The molecule has 0 aromatic heterocycles. The molecule has 0 saturated heterocycles. The number of nitrogens with zero attached hydrogens (tertiary/aromatic N) is 1. The molecule has 1 amide bonds. The van der Waals surface area contributed by atoms with E-state index in [9.17, 15) is 4.79 Å². The zero-order valence-corrected chi connectivity index (χ0v) is 11.8. The van der Waals surface area contributed by atoms with Crippen molar-refractivity contribution >= 4 is 11.6 Å². The van der Waals surface area contributed by atoms with E-state index >= 15 is 0 Å². The van der Waals surface area contributed by atoms with Crippen LogP contribution in [0.2, 0.25) is 0 Å². The van der Waals surface area contributed by atoms with Gasteiger partial charge in [0.05, 0.1) is 6.54 Å². The van der Waals surface area contributed by atoms with Crippen LogP contribution in [0.5, 0.6) is 0 Å². The fourth-order valence-electron chi connectivity index (χ4n) is 2.08. The molecule has 0 aliphatic rings. The van der Waals surface area contributed by atoms with Gasteiger partial charge in [-0.2, -0.15) is 0 Å². The van der Waals surface area contributed by atoms with Gasteiger partial charge in [0, 0.05) is 12.2 Å². The van der Waals surface area contributed by atoms with Crippen LogP contribution in [0.1, 0.15) is 38.2 Å². The number of amides is 1. The summed E-state index contributed by atoms with van der Waals surface area (Å²) < 4.78 is 0. The summed E-state index contributed by atoms with van der Waals surface area (Å²) in [6, 6.07) is 7.76. The lowest BCUT2D eigenvalue weighted by Gasteiger charge is -2.20. The maximum absolute atomic E-state index is 11.1. The van der Waals surface area contributed by atoms with Gasteiger partial charge in [-0.25, -0.2) is 0 Å². The van der Waals surface area contributed by atoms with Gasteiger partial charge in [-0.15, -0.1) is 0 Å². The van der Waals surface area contributed by atoms with Crippen LogP contribution in [-0.2, 0) is 11.3 Å². The Hall–Kier alpha value is -1.55. The van der Waals surface area contributed by atoms with Crippen LogP contribution in [0, 0.1) is 0 Å². The van der Waals surface area contributed by atoms with Gasteiger partial charge < -0.3 is 11.5 Å². The smallest absolute Gasteiger partial charge is 0.231 e. The van der Waals surface area contributed by atoms with Crippen LogP contribution >= 0.6 is 0 Å². The van der Waals surface area contributed by atoms with Gasteiger partial charge in [0.2, 0.25) is 5.91 Å². The third-order valence-electron chi connectivity index (χ3n) is 3.09. The van der Waals surface area contributed by atoms with Crippen LogP contribution < -0.4 is 11.5 Å². The third-order valence-corrected chi connectivity index (χ3v) is 3.09. The van der Waals surface area contributed by atoms with Gasteiger partial charge in [0.1, 0.15) is 0 Å². The van der Waals surface area contributed by atoms with E-state index in [-0.39, 0.29) is 5.91 Å². The van der Waals surface area contributed by atoms with Crippen molar-refractivity contribution in [2.24, 2.45) is 5.73 Å². The predicted octanol–water partition coefficient (Wildman–Crippen LogP) is 2.14. The minimum Gasteiger partial charge on any atom is -0.399 e. The molecule has 19 heavy (non-hydrogen) atoms. The van der Waals surface area contributed by atoms with Crippen molar-refractivity contribution in [1.29, 1.82) is 0 Å². The number of primary amides is 1. The SMILES string of the molecule is CCCCCCN(CC(N)=O)Cc1ccc(N)cc1. The lowest BCUT2D eigenvalue weighted by atomic mass is 10.1. The van der Waals surface area contributed by atoms with E-state index in [0.29, 0.717) is 6.54 Å². The molecule has 4 heteroatoms. The molecule has 4 N–H and O–H groups in total. The molecular weight excluding hydrogens is 238 g/mol. The predicted molar refractivity (Wildman–Crippen MR) is 79.5 cm³/mol. The van der Waals surface area contributed by atoms with Gasteiger partial charge >= 0.3 is 0 Å². The first-order valence-corrected chi connectivity index (χ1v) is 6.97. The number of hydrogen-bond acceptors (Lipinski definition) is 3. The maximum atomic E-state index is 11.1. The number of hydrogen-bond donors (Lipinski definition) is 2. The molecule has 4 nitrogen and oxygen atoms in total. The number of carbonyl (C=O) groups is 1. The average molecular weight is 263 g/mol. The first-order valence-electron chi connectivity index (χ1n) is 6.97. The van der Waals surface area contributed by atoms with Crippen LogP contribution in [0.25, 0.3) is 0 Å². The number of rotatable bonds is 9. The highest BCUT2D eigenvalue weighted by molar-refractivity contribution is 5.75. The molecular formula is C15H25N3O. The quantitative estimate of drug-likeness (QED) is 0.529. The summed E-state index contributed by atoms with van der Waals surface area (Å²) >= 11 is 0. The van der Waals surface area contributed by atoms with Crippen molar-refractivity contribution < 1.29 is 4.79 Å². The molecule has 0 atom stereocenters. The zero-order valence-electron chi connectivity index (χ0n) is 11.8. The van der Waals surface area contributed by atoms with Crippen LogP contribution in [0.15, 0.2) is 24.3 Å². The number of benzene rings is 1. The van der Waals surface area contributed by atoms with Crippen molar-refractivity contribution in [3.05, 3.63) is 29.8 Å². The topological polar surface area (TPSA) is 72.3 Å². The summed E-state index contributed by atoms with van der Waals surface area (Å²) in [5.41, 5.74) is 12.9. The highest BCUT2D eigenvalue weighted by Gasteiger charge is 2.08. The molecule has 0 bridgehead atoms. The standard InChI is InChI=1S/C15H25N3O/c1-2-3-4-5-10-18(12-15(17)19)11-13-6-8-14(16)9-7-13/h6-9H,2-5,10-12,16H2,1H3,(H2,17,19). The molecule has 0 spiro atoms. The fraction of sp³-hybridized carbons (Fsp3) is 0.533. The first kappa shape index (κ1) is 15.5. The number of nitrogens with two attached hydrogens (primary N) is 2. The molecule has 0 heterocycles. The molecule has 0 aliphatic heterocycles. The molecule has 1 aromatic carbocycles. The lowest BCUT2D eigenvalue weighted by Crippen LogP contribution is -2.34. The Morgan fingerprint density at radius 2 is 1.84 bits per heavy atom. The van der Waals surface area contributed by atoms with E-state index in [1.54, 1.807) is 0 Å². The summed E-state index contributed by atoms with van der Waals surface area (Å²) in [5.74, 6) is -0.272. The fourth-order valence-corrected chi connectivity index (χ4v) is 2.08. The van der Waals surface area contributed by atoms with Crippen molar-refractivity contribution in [1.82, 2.24) is 4.90 Å². The number of nitrogen functional groups attached to an aromatic ring is 1. The van der Waals surface area contributed by atoms with E-state index in [1.165, 1.54) is 19.3 Å². The Balaban J connectivity index is 2.48. The Morgan fingerprint density at radius 1 is 1.16 bits per heavy atom. The lowest BCUT2D eigenvalue weighted by molar-refractivity contribution is -0.119. The second kappa shape index (κ2) is 8.53. The van der Waals surface area contributed by atoms with Crippen molar-refractivity contribution in [2.75, 3.05) is 18.8 Å². The highest BCUT2D eigenvalue weighted by Crippen LogP contribution is 2.10. The first-order chi connectivity index (χ1) is 9.11. The normalized spacial score (nSPS) is 10.8. The molecule has 106 valence electrons. The monoisotopic (exact) mass is 263 g/mol. The van der Waals surface area contributed by atoms with Gasteiger partial charge in [0.15, 0.2) is 0 Å². The summed E-state index contributed by atoms with van der Waals surface area (Å²) in [4.78, 5) is 13.2. The summed E-state index contributed by atoms with van der Waals surface area (Å²) in [6.45, 7) is 4.16. The molecule has 0 fully saturated rings. The van der Waals surface area contributed by atoms with Gasteiger partial charge in [-0.3, -0.25) is 9.69 Å². The molecule has 1 aromatic rings. The van der Waals surface area contributed by atoms with Crippen LogP contribution in [0.3, 0.4) is 0 Å². The molecule has 0 unspecified atom stereocenters. The van der Waals surface area contributed by atoms with Crippen molar-refractivity contribution in [3.63, 3.8) is 0 Å². The largest absolute Gasteiger partial charge is 0.399 e.